The van der Waals surface area contributed by atoms with Gasteiger partial charge < -0.3 is 26.6 Å². The van der Waals surface area contributed by atoms with Gasteiger partial charge in [0.15, 0.2) is 0 Å². The number of carboxylic acids is 1. The average molecular weight is 421 g/mol. The largest absolute Gasteiger partial charge is 0.480 e. The lowest BCUT2D eigenvalue weighted by Crippen LogP contribution is -2.55. The van der Waals surface area contributed by atoms with E-state index in [1.807, 2.05) is 18.9 Å². The number of carboxylic acid groups (broad SMARTS) is 1. The van der Waals surface area contributed by atoms with Gasteiger partial charge in [0.05, 0.1) is 6.04 Å². The van der Waals surface area contributed by atoms with Gasteiger partial charge in [0.25, 0.3) is 0 Å². The minimum Gasteiger partial charge on any atom is -0.480 e. The molecular formula is C19H40N4O4S. The predicted octanol–water partition coefficient (Wildman–Crippen LogP) is 0.300. The summed E-state index contributed by atoms with van der Waals surface area (Å²) in [5.74, 6) is -0.473. The van der Waals surface area contributed by atoms with Crippen LogP contribution in [0.1, 0.15) is 46.5 Å². The summed E-state index contributed by atoms with van der Waals surface area (Å²) in [6, 6.07) is -1.40. The number of amides is 1. The first-order valence-electron chi connectivity index (χ1n) is 10.2. The van der Waals surface area contributed by atoms with Gasteiger partial charge in [-0.15, -0.1) is 0 Å². The van der Waals surface area contributed by atoms with Crippen molar-refractivity contribution in [2.75, 3.05) is 32.5 Å². The smallest absolute Gasteiger partial charge is 0.326 e. The van der Waals surface area contributed by atoms with E-state index >= 15 is 0 Å². The maximum Gasteiger partial charge on any atom is 0.326 e. The number of aliphatic hydroxyl groups excluding tert-OH is 1. The van der Waals surface area contributed by atoms with E-state index in [4.69, 9.17) is 10.8 Å². The first-order valence-corrected chi connectivity index (χ1v) is 10.8. The fourth-order valence-corrected chi connectivity index (χ4v) is 3.14. The first kappa shape index (κ1) is 27.1. The maximum atomic E-state index is 12.7. The second-order valence-electron chi connectivity index (χ2n) is 7.50. The van der Waals surface area contributed by atoms with Crippen LogP contribution < -0.4 is 16.4 Å². The van der Waals surface area contributed by atoms with E-state index < -0.39 is 18.1 Å². The van der Waals surface area contributed by atoms with Crippen LogP contribution in [0, 0.1) is 5.92 Å². The molecule has 0 saturated carbocycles. The molecule has 0 aliphatic rings. The molecule has 0 heterocycles. The van der Waals surface area contributed by atoms with Crippen LogP contribution in [0.3, 0.4) is 0 Å². The minimum absolute atomic E-state index is 0.0116. The number of rotatable bonds is 16. The van der Waals surface area contributed by atoms with E-state index in [2.05, 4.69) is 37.1 Å². The van der Waals surface area contributed by atoms with Gasteiger partial charge in [-0.2, -0.15) is 12.6 Å². The lowest BCUT2D eigenvalue weighted by atomic mass is 9.97. The van der Waals surface area contributed by atoms with E-state index in [0.29, 0.717) is 31.2 Å². The molecule has 6 N–H and O–H groups in total. The monoisotopic (exact) mass is 420 g/mol. The molecule has 9 heteroatoms. The van der Waals surface area contributed by atoms with Gasteiger partial charge >= 0.3 is 5.97 Å². The fraction of sp³-hybridized carbons (Fsp3) is 0.895. The number of likely N-dealkylation sites (N-methyl/N-ethyl adjacent to an activating group) is 1. The standard InChI is InChI=1S/C19H40N4O4S/c1-5-7-17(18(25)22-15(8-9-24)19(26)27)23(4)11-16(13(3)6-2)21-10-14(20)12-28/h13-17,21,24,28H,5-12,20H2,1-4H3,(H,22,25)(H,26,27)/t13?,14-,15?,16?,17?/m0/s1. The second-order valence-corrected chi connectivity index (χ2v) is 7.86. The van der Waals surface area contributed by atoms with Crippen molar-refractivity contribution in [3.8, 4) is 0 Å². The summed E-state index contributed by atoms with van der Waals surface area (Å²) in [6.07, 6.45) is 2.40. The normalized spacial score (nSPS) is 17.0. The van der Waals surface area contributed by atoms with Crippen LogP contribution in [0.4, 0.5) is 0 Å². The summed E-state index contributed by atoms with van der Waals surface area (Å²) in [5.41, 5.74) is 5.97. The first-order chi connectivity index (χ1) is 13.2. The average Bonchev–Trinajstić information content (AvgIpc) is 2.67. The van der Waals surface area contributed by atoms with Crippen molar-refractivity contribution < 1.29 is 19.8 Å². The molecule has 0 aromatic carbocycles. The number of aliphatic carboxylic acids is 1. The number of aliphatic hydroxyl groups is 1. The zero-order valence-electron chi connectivity index (χ0n) is 17.7. The van der Waals surface area contributed by atoms with Crippen LogP contribution in [0.15, 0.2) is 0 Å². The van der Waals surface area contributed by atoms with Gasteiger partial charge in [0, 0.05) is 44.0 Å². The quantitative estimate of drug-likeness (QED) is 0.198. The molecule has 0 fully saturated rings. The van der Waals surface area contributed by atoms with E-state index in [9.17, 15) is 14.7 Å². The Morgan fingerprint density at radius 3 is 2.36 bits per heavy atom. The molecule has 0 aliphatic carbocycles. The van der Waals surface area contributed by atoms with Crippen molar-refractivity contribution in [2.24, 2.45) is 11.7 Å². The molecule has 166 valence electrons. The lowest BCUT2D eigenvalue weighted by Gasteiger charge is -2.34. The Labute approximate surface area is 175 Å². The number of thiol groups is 1. The molecule has 0 bridgehead atoms. The summed E-state index contributed by atoms with van der Waals surface area (Å²) in [7, 11) is 1.89. The molecular weight excluding hydrogens is 380 g/mol. The van der Waals surface area contributed by atoms with Crippen LogP contribution in [0.5, 0.6) is 0 Å². The lowest BCUT2D eigenvalue weighted by molar-refractivity contribution is -0.143. The third-order valence-electron chi connectivity index (χ3n) is 5.12. The summed E-state index contributed by atoms with van der Waals surface area (Å²) in [6.45, 7) is 7.27. The molecule has 28 heavy (non-hydrogen) atoms. The van der Waals surface area contributed by atoms with E-state index in [1.165, 1.54) is 0 Å². The molecule has 1 amide bonds. The highest BCUT2D eigenvalue weighted by Gasteiger charge is 2.29. The fourth-order valence-electron chi connectivity index (χ4n) is 3.01. The summed E-state index contributed by atoms with van der Waals surface area (Å²) >= 11 is 4.22. The molecule has 0 spiro atoms. The van der Waals surface area contributed by atoms with Gasteiger partial charge in [-0.1, -0.05) is 33.6 Å². The number of nitrogens with two attached hydrogens (primary N) is 1. The highest BCUT2D eigenvalue weighted by atomic mass is 32.1. The van der Waals surface area contributed by atoms with Gasteiger partial charge in [-0.05, 0) is 19.4 Å². The van der Waals surface area contributed by atoms with Crippen molar-refractivity contribution in [2.45, 2.75) is 70.6 Å². The van der Waals surface area contributed by atoms with Crippen LogP contribution in [0.2, 0.25) is 0 Å². The summed E-state index contributed by atoms with van der Waals surface area (Å²) in [4.78, 5) is 26.0. The molecule has 4 unspecified atom stereocenters. The number of nitrogens with one attached hydrogen (secondary N) is 2. The van der Waals surface area contributed by atoms with Crippen LogP contribution in [-0.2, 0) is 9.59 Å². The Balaban J connectivity index is 5.13. The third kappa shape index (κ3) is 10.1. The highest BCUT2D eigenvalue weighted by Crippen LogP contribution is 2.13. The van der Waals surface area contributed by atoms with Gasteiger partial charge in [0.2, 0.25) is 5.91 Å². The summed E-state index contributed by atoms with van der Waals surface area (Å²) in [5, 5.41) is 24.3. The van der Waals surface area contributed by atoms with Crippen molar-refractivity contribution in [3.05, 3.63) is 0 Å². The highest BCUT2D eigenvalue weighted by molar-refractivity contribution is 7.80. The zero-order valence-corrected chi connectivity index (χ0v) is 18.6. The van der Waals surface area contributed by atoms with E-state index in [0.717, 1.165) is 12.8 Å². The summed E-state index contributed by atoms with van der Waals surface area (Å²) < 4.78 is 0. The van der Waals surface area contributed by atoms with Crippen LogP contribution in [0.25, 0.3) is 0 Å². The zero-order chi connectivity index (χ0) is 21.7. The molecule has 0 aromatic rings. The number of hydrogen-bond donors (Lipinski definition) is 6. The second kappa shape index (κ2) is 15.0. The minimum atomic E-state index is -1.14. The number of carbonyl (C=O) groups is 2. The van der Waals surface area contributed by atoms with Crippen LogP contribution >= 0.6 is 12.6 Å². The van der Waals surface area contributed by atoms with Crippen molar-refractivity contribution in [1.82, 2.24) is 15.5 Å². The third-order valence-corrected chi connectivity index (χ3v) is 5.59. The molecule has 0 radical (unpaired) electrons. The Kier molecular flexibility index (Phi) is 14.6. The van der Waals surface area contributed by atoms with Gasteiger partial charge in [-0.25, -0.2) is 4.79 Å². The number of carbonyl (C=O) groups excluding carboxylic acids is 1. The van der Waals surface area contributed by atoms with Crippen molar-refractivity contribution in [1.29, 1.82) is 0 Å². The van der Waals surface area contributed by atoms with Crippen molar-refractivity contribution in [3.63, 3.8) is 0 Å². The van der Waals surface area contributed by atoms with Gasteiger partial charge in [-0.3, -0.25) is 9.69 Å². The SMILES string of the molecule is CCCC(C(=O)NC(CCO)C(=O)O)N(C)CC(NC[C@H](N)CS)C(C)CC. The molecule has 0 aliphatic heterocycles. The van der Waals surface area contributed by atoms with E-state index in [-0.39, 0.29) is 31.0 Å². The molecule has 0 aromatic heterocycles. The van der Waals surface area contributed by atoms with Crippen molar-refractivity contribution >= 4 is 24.5 Å². The number of nitrogens with zero attached hydrogens (tertiary/aromatic N) is 1. The Hall–Kier alpha value is -0.870. The maximum absolute atomic E-state index is 12.7. The predicted molar refractivity (Wildman–Crippen MR) is 116 cm³/mol. The molecule has 8 nitrogen and oxygen atoms in total. The number of hydrogen-bond acceptors (Lipinski definition) is 7. The van der Waals surface area contributed by atoms with Crippen LogP contribution in [-0.4, -0.2) is 83.7 Å². The topological polar surface area (TPSA) is 128 Å². The Morgan fingerprint density at radius 1 is 1.25 bits per heavy atom. The molecule has 0 saturated heterocycles. The Bertz CT molecular complexity index is 456. The van der Waals surface area contributed by atoms with E-state index in [1.54, 1.807) is 0 Å². The van der Waals surface area contributed by atoms with Gasteiger partial charge in [0.1, 0.15) is 6.04 Å². The Morgan fingerprint density at radius 2 is 1.89 bits per heavy atom. The molecule has 0 rings (SSSR count). The molecule has 5 atom stereocenters.